The van der Waals surface area contributed by atoms with Gasteiger partial charge < -0.3 is 20.1 Å². The van der Waals surface area contributed by atoms with Gasteiger partial charge >= 0.3 is 6.09 Å². The van der Waals surface area contributed by atoms with Gasteiger partial charge in [0.25, 0.3) is 11.8 Å². The van der Waals surface area contributed by atoms with Crippen molar-refractivity contribution in [1.82, 2.24) is 35.0 Å². The molecule has 1 unspecified atom stereocenters. The molecule has 5 rings (SSSR count). The van der Waals surface area contributed by atoms with E-state index in [1.807, 2.05) is 0 Å². The predicted octanol–water partition coefficient (Wildman–Crippen LogP) is 2.14. The van der Waals surface area contributed by atoms with Crippen molar-refractivity contribution in [2.24, 2.45) is 7.05 Å². The Morgan fingerprint density at radius 2 is 2.00 bits per heavy atom. The number of amides is 2. The van der Waals surface area contributed by atoms with E-state index in [4.69, 9.17) is 9.47 Å². The second-order valence-corrected chi connectivity index (χ2v) is 8.37. The number of ether oxygens (including phenoxy) is 2. The summed E-state index contributed by atoms with van der Waals surface area (Å²) in [5.74, 6) is 0.168. The Hall–Kier alpha value is -4.13. The van der Waals surface area contributed by atoms with E-state index in [0.29, 0.717) is 24.8 Å². The number of aryl methyl sites for hydroxylation is 1. The van der Waals surface area contributed by atoms with Gasteiger partial charge in [0.2, 0.25) is 0 Å². The molecule has 3 aromatic rings. The molecule has 1 aliphatic carbocycles. The quantitative estimate of drug-likeness (QED) is 0.437. The molecule has 1 saturated carbocycles. The Labute approximate surface area is 200 Å². The summed E-state index contributed by atoms with van der Waals surface area (Å²) in [5.41, 5.74) is 1.71. The third-order valence-corrected chi connectivity index (χ3v) is 5.67. The first-order valence-electron chi connectivity index (χ1n) is 11.4. The molecule has 13 heteroatoms. The van der Waals surface area contributed by atoms with Crippen LogP contribution in [0.2, 0.25) is 0 Å². The first-order valence-corrected chi connectivity index (χ1v) is 11.4. The fourth-order valence-electron chi connectivity index (χ4n) is 3.74. The zero-order valence-electron chi connectivity index (χ0n) is 19.1. The van der Waals surface area contributed by atoms with Crippen molar-refractivity contribution in [3.63, 3.8) is 0 Å². The smallest absolute Gasteiger partial charge is 0.387 e. The lowest BCUT2D eigenvalue weighted by atomic mass is 10.2. The van der Waals surface area contributed by atoms with Crippen LogP contribution in [0.1, 0.15) is 47.8 Å². The number of rotatable bonds is 8. The summed E-state index contributed by atoms with van der Waals surface area (Å²) in [6, 6.07) is 0. The summed E-state index contributed by atoms with van der Waals surface area (Å²) in [4.78, 5) is 42.3. The molecule has 1 aliphatic heterocycles. The molecule has 0 radical (unpaired) electrons. The molecule has 1 saturated heterocycles. The molecular weight excluding hydrogens is 454 g/mol. The largest absolute Gasteiger partial charge is 0.418 e. The Morgan fingerprint density at radius 3 is 2.74 bits per heavy atom. The van der Waals surface area contributed by atoms with Crippen molar-refractivity contribution in [3.05, 3.63) is 42.5 Å². The highest BCUT2D eigenvalue weighted by Gasteiger charge is 2.28. The molecule has 0 bridgehead atoms. The number of hydrogen-bond acceptors (Lipinski definition) is 10. The highest BCUT2D eigenvalue weighted by Crippen LogP contribution is 2.40. The van der Waals surface area contributed by atoms with Crippen LogP contribution in [-0.4, -0.2) is 61.0 Å². The van der Waals surface area contributed by atoms with Gasteiger partial charge in [-0.2, -0.15) is 5.10 Å². The summed E-state index contributed by atoms with van der Waals surface area (Å²) in [7, 11) is 1.62. The number of carbonyl (C=O) groups is 2. The second-order valence-electron chi connectivity index (χ2n) is 8.37. The normalized spacial score (nSPS) is 17.1. The maximum absolute atomic E-state index is 12.8. The van der Waals surface area contributed by atoms with Gasteiger partial charge in [-0.3, -0.25) is 14.8 Å². The van der Waals surface area contributed by atoms with E-state index in [9.17, 15) is 9.59 Å². The minimum Gasteiger partial charge on any atom is -0.387 e. The second kappa shape index (κ2) is 10.0. The first-order chi connectivity index (χ1) is 17.1. The van der Waals surface area contributed by atoms with Crippen LogP contribution in [0.15, 0.2) is 31.1 Å². The molecule has 3 N–H and O–H groups in total. The van der Waals surface area contributed by atoms with Crippen LogP contribution < -0.4 is 20.7 Å². The number of carbonyl (C=O) groups excluding carboxylic acids is 2. The highest BCUT2D eigenvalue weighted by molar-refractivity contribution is 6.01. The van der Waals surface area contributed by atoms with E-state index >= 15 is 0 Å². The van der Waals surface area contributed by atoms with Crippen LogP contribution in [0.3, 0.4) is 0 Å². The van der Waals surface area contributed by atoms with Crippen molar-refractivity contribution in [1.29, 1.82) is 0 Å². The SMILES string of the molecule is Cn1ncc(NC(=O)Oc2nc(C3CC3)cnc2Nc2cncnc2)c1C(=O)NCC1CCCO1. The summed E-state index contributed by atoms with van der Waals surface area (Å²) in [6.45, 7) is 1.08. The zero-order valence-corrected chi connectivity index (χ0v) is 19.1. The minimum atomic E-state index is -0.833. The van der Waals surface area contributed by atoms with Gasteiger partial charge in [0, 0.05) is 26.1 Å². The number of aromatic nitrogens is 6. The number of hydrogen-bond donors (Lipinski definition) is 3. The summed E-state index contributed by atoms with van der Waals surface area (Å²) >= 11 is 0. The van der Waals surface area contributed by atoms with Crippen LogP contribution in [-0.2, 0) is 11.8 Å². The minimum absolute atomic E-state index is 0.00373. The Morgan fingerprint density at radius 1 is 1.17 bits per heavy atom. The Bertz CT molecular complexity index is 1210. The fourth-order valence-corrected chi connectivity index (χ4v) is 3.74. The van der Waals surface area contributed by atoms with Crippen LogP contribution in [0.25, 0.3) is 0 Å². The molecule has 2 aliphatic rings. The lowest BCUT2D eigenvalue weighted by Gasteiger charge is -2.13. The summed E-state index contributed by atoms with van der Waals surface area (Å²) < 4.78 is 12.4. The van der Waals surface area contributed by atoms with Crippen molar-refractivity contribution >= 4 is 29.2 Å². The van der Waals surface area contributed by atoms with Gasteiger partial charge in [0.1, 0.15) is 12.0 Å². The molecule has 2 amide bonds. The molecule has 0 aromatic carbocycles. The van der Waals surface area contributed by atoms with Crippen molar-refractivity contribution < 1.29 is 19.1 Å². The van der Waals surface area contributed by atoms with Gasteiger partial charge in [-0.15, -0.1) is 0 Å². The Balaban J connectivity index is 1.29. The zero-order chi connectivity index (χ0) is 24.2. The van der Waals surface area contributed by atoms with Gasteiger partial charge in [0.15, 0.2) is 5.82 Å². The summed E-state index contributed by atoms with van der Waals surface area (Å²) in [6.07, 6.45) is 10.6. The van der Waals surface area contributed by atoms with E-state index in [0.717, 1.165) is 31.4 Å². The standard InChI is InChI=1S/C22H25N9O4/c1-31-18(20(32)26-9-15-3-2-6-34-15)17(11-27-31)30-22(33)35-21-19(28-14-7-23-12-24-8-14)25-10-16(29-21)13-4-5-13/h7-8,10-13,15H,2-6,9H2,1H3,(H,25,28)(H,26,32)(H,30,33). The maximum atomic E-state index is 12.8. The Kier molecular flexibility index (Phi) is 6.48. The third kappa shape index (κ3) is 5.51. The molecule has 2 fully saturated rings. The van der Waals surface area contributed by atoms with E-state index in [1.165, 1.54) is 17.2 Å². The maximum Gasteiger partial charge on any atom is 0.418 e. The van der Waals surface area contributed by atoms with Gasteiger partial charge in [-0.1, -0.05) is 0 Å². The molecule has 1 atom stereocenters. The summed E-state index contributed by atoms with van der Waals surface area (Å²) in [5, 5.41) is 12.5. The predicted molar refractivity (Wildman–Crippen MR) is 123 cm³/mol. The average molecular weight is 480 g/mol. The van der Waals surface area contributed by atoms with E-state index < -0.39 is 6.09 Å². The van der Waals surface area contributed by atoms with Crippen LogP contribution in [0.4, 0.5) is 22.0 Å². The molecule has 0 spiro atoms. The van der Waals surface area contributed by atoms with E-state index in [1.54, 1.807) is 25.6 Å². The van der Waals surface area contributed by atoms with Gasteiger partial charge in [-0.25, -0.2) is 24.7 Å². The average Bonchev–Trinajstić information content (AvgIpc) is 3.45. The fraction of sp³-hybridized carbons (Fsp3) is 0.409. The number of nitrogens with one attached hydrogen (secondary N) is 3. The van der Waals surface area contributed by atoms with Crippen LogP contribution >= 0.6 is 0 Å². The molecule has 4 heterocycles. The molecule has 13 nitrogen and oxygen atoms in total. The lowest BCUT2D eigenvalue weighted by molar-refractivity contribution is 0.0851. The molecule has 3 aromatic heterocycles. The molecule has 182 valence electrons. The van der Waals surface area contributed by atoms with Crippen LogP contribution in [0.5, 0.6) is 5.88 Å². The first kappa shape index (κ1) is 22.7. The van der Waals surface area contributed by atoms with Gasteiger partial charge in [0.05, 0.1) is 48.0 Å². The van der Waals surface area contributed by atoms with E-state index in [2.05, 4.69) is 41.0 Å². The topological polar surface area (TPSA) is 158 Å². The van der Waals surface area contributed by atoms with E-state index in [-0.39, 0.29) is 35.1 Å². The van der Waals surface area contributed by atoms with Crippen molar-refractivity contribution in [2.45, 2.75) is 37.7 Å². The molecule has 35 heavy (non-hydrogen) atoms. The number of anilines is 3. The highest BCUT2D eigenvalue weighted by atomic mass is 16.6. The van der Waals surface area contributed by atoms with Crippen molar-refractivity contribution in [3.8, 4) is 5.88 Å². The van der Waals surface area contributed by atoms with Crippen molar-refractivity contribution in [2.75, 3.05) is 23.8 Å². The monoisotopic (exact) mass is 479 g/mol. The number of nitrogens with zero attached hydrogens (tertiary/aromatic N) is 6. The third-order valence-electron chi connectivity index (χ3n) is 5.67. The van der Waals surface area contributed by atoms with Crippen LogP contribution in [0, 0.1) is 0 Å². The lowest BCUT2D eigenvalue weighted by Crippen LogP contribution is -2.33. The van der Waals surface area contributed by atoms with Gasteiger partial charge in [-0.05, 0) is 25.7 Å². The molecular formula is C22H25N9O4.